The summed E-state index contributed by atoms with van der Waals surface area (Å²) in [6, 6.07) is 2.01. The van der Waals surface area contributed by atoms with E-state index in [1.54, 1.807) is 22.7 Å². The van der Waals surface area contributed by atoms with Gasteiger partial charge in [0.1, 0.15) is 0 Å². The van der Waals surface area contributed by atoms with E-state index in [1.807, 2.05) is 18.5 Å². The van der Waals surface area contributed by atoms with E-state index in [9.17, 15) is 0 Å². The molecule has 13 heavy (non-hydrogen) atoms. The minimum absolute atomic E-state index is 0.843. The van der Waals surface area contributed by atoms with Crippen LogP contribution in [0.25, 0.3) is 9.88 Å². The zero-order chi connectivity index (χ0) is 9.26. The van der Waals surface area contributed by atoms with Gasteiger partial charge >= 0.3 is 0 Å². The molecule has 0 aliphatic carbocycles. The standard InChI is InChI=1S/C7H6BrN3S2/c1-9-7-11-10-6(13-7)5-4(8)2-3-12-5/h2-3H,1H3,(H,9,11). The Labute approximate surface area is 92.0 Å². The molecular formula is C7H6BrN3S2. The van der Waals surface area contributed by atoms with E-state index in [1.165, 1.54) is 0 Å². The van der Waals surface area contributed by atoms with Crippen LogP contribution in [0.2, 0.25) is 0 Å². The van der Waals surface area contributed by atoms with Crippen LogP contribution in [-0.2, 0) is 0 Å². The first-order valence-corrected chi connectivity index (χ1v) is 6.05. The van der Waals surface area contributed by atoms with Crippen LogP contribution in [0.5, 0.6) is 0 Å². The minimum atomic E-state index is 0.843. The van der Waals surface area contributed by atoms with E-state index >= 15 is 0 Å². The molecule has 0 radical (unpaired) electrons. The van der Waals surface area contributed by atoms with Crippen molar-refractivity contribution in [3.05, 3.63) is 15.9 Å². The number of anilines is 1. The van der Waals surface area contributed by atoms with E-state index in [0.29, 0.717) is 0 Å². The quantitative estimate of drug-likeness (QED) is 0.916. The Morgan fingerprint density at radius 1 is 1.46 bits per heavy atom. The van der Waals surface area contributed by atoms with Crippen molar-refractivity contribution in [1.29, 1.82) is 0 Å². The summed E-state index contributed by atoms with van der Waals surface area (Å²) >= 11 is 6.67. The summed E-state index contributed by atoms with van der Waals surface area (Å²) in [5.74, 6) is 0. The van der Waals surface area contributed by atoms with E-state index < -0.39 is 0 Å². The van der Waals surface area contributed by atoms with Crippen LogP contribution < -0.4 is 5.32 Å². The molecule has 0 saturated carbocycles. The number of aromatic nitrogens is 2. The van der Waals surface area contributed by atoms with Gasteiger partial charge in [-0.15, -0.1) is 21.5 Å². The largest absolute Gasteiger partial charge is 0.363 e. The zero-order valence-corrected chi connectivity index (χ0v) is 9.96. The predicted octanol–water partition coefficient (Wildman–Crippen LogP) is 3.07. The lowest BCUT2D eigenvalue weighted by atomic mass is 10.5. The Kier molecular flexibility index (Phi) is 2.61. The van der Waals surface area contributed by atoms with Crippen molar-refractivity contribution < 1.29 is 0 Å². The van der Waals surface area contributed by atoms with Crippen LogP contribution in [0.3, 0.4) is 0 Å². The fourth-order valence-electron chi connectivity index (χ4n) is 0.862. The van der Waals surface area contributed by atoms with Crippen LogP contribution in [0.4, 0.5) is 5.13 Å². The van der Waals surface area contributed by atoms with Crippen molar-refractivity contribution in [2.24, 2.45) is 0 Å². The fraction of sp³-hybridized carbons (Fsp3) is 0.143. The van der Waals surface area contributed by atoms with E-state index in [4.69, 9.17) is 0 Å². The third-order valence-electron chi connectivity index (χ3n) is 1.45. The summed E-state index contributed by atoms with van der Waals surface area (Å²) in [7, 11) is 1.84. The molecule has 0 bridgehead atoms. The molecule has 2 aromatic rings. The Balaban J connectivity index is 2.41. The van der Waals surface area contributed by atoms with Crippen LogP contribution in [-0.4, -0.2) is 17.2 Å². The lowest BCUT2D eigenvalue weighted by molar-refractivity contribution is 1.09. The molecule has 0 unspecified atom stereocenters. The maximum atomic E-state index is 4.08. The highest BCUT2D eigenvalue weighted by Crippen LogP contribution is 2.36. The number of halogens is 1. The summed E-state index contributed by atoms with van der Waals surface area (Å²) < 4.78 is 1.08. The number of nitrogens with one attached hydrogen (secondary N) is 1. The number of nitrogens with zero attached hydrogens (tertiary/aromatic N) is 2. The molecule has 1 N–H and O–H groups in total. The first-order valence-electron chi connectivity index (χ1n) is 3.56. The maximum Gasteiger partial charge on any atom is 0.205 e. The highest BCUT2D eigenvalue weighted by atomic mass is 79.9. The molecule has 2 heterocycles. The van der Waals surface area contributed by atoms with E-state index in [0.717, 1.165) is 19.5 Å². The second-order valence-electron chi connectivity index (χ2n) is 2.26. The van der Waals surface area contributed by atoms with Gasteiger partial charge < -0.3 is 5.32 Å². The molecular weight excluding hydrogens is 270 g/mol. The normalized spacial score (nSPS) is 10.3. The summed E-state index contributed by atoms with van der Waals surface area (Å²) in [6.07, 6.45) is 0. The highest BCUT2D eigenvalue weighted by molar-refractivity contribution is 9.10. The smallest absolute Gasteiger partial charge is 0.205 e. The van der Waals surface area contributed by atoms with Crippen LogP contribution in [0.1, 0.15) is 0 Å². The number of rotatable bonds is 2. The van der Waals surface area contributed by atoms with Gasteiger partial charge in [-0.1, -0.05) is 11.3 Å². The maximum absolute atomic E-state index is 4.08. The minimum Gasteiger partial charge on any atom is -0.363 e. The molecule has 0 atom stereocenters. The highest BCUT2D eigenvalue weighted by Gasteiger charge is 2.09. The molecule has 0 aromatic carbocycles. The monoisotopic (exact) mass is 275 g/mol. The lowest BCUT2D eigenvalue weighted by Gasteiger charge is -1.88. The Morgan fingerprint density at radius 3 is 2.85 bits per heavy atom. The molecule has 0 amide bonds. The van der Waals surface area contributed by atoms with Crippen molar-refractivity contribution in [2.45, 2.75) is 0 Å². The molecule has 0 saturated heterocycles. The first kappa shape index (κ1) is 9.11. The molecule has 0 spiro atoms. The van der Waals surface area contributed by atoms with Gasteiger partial charge in [0.25, 0.3) is 0 Å². The van der Waals surface area contributed by atoms with Gasteiger partial charge in [-0.05, 0) is 27.4 Å². The Bertz CT molecular complexity index is 409. The second kappa shape index (κ2) is 3.73. The Hall–Kier alpha value is -0.460. The van der Waals surface area contributed by atoms with Crippen LogP contribution in [0, 0.1) is 0 Å². The van der Waals surface area contributed by atoms with Crippen molar-refractivity contribution >= 4 is 43.7 Å². The molecule has 0 aliphatic heterocycles. The summed E-state index contributed by atoms with van der Waals surface area (Å²) in [4.78, 5) is 1.14. The Morgan fingerprint density at radius 2 is 2.31 bits per heavy atom. The van der Waals surface area contributed by atoms with Crippen LogP contribution >= 0.6 is 38.6 Å². The second-order valence-corrected chi connectivity index (χ2v) is 5.01. The zero-order valence-electron chi connectivity index (χ0n) is 6.74. The number of thiophene rings is 1. The summed E-state index contributed by atoms with van der Waals surface area (Å²) in [6.45, 7) is 0. The molecule has 6 heteroatoms. The first-order chi connectivity index (χ1) is 6.31. The molecule has 68 valence electrons. The third-order valence-corrected chi connectivity index (χ3v) is 4.38. The van der Waals surface area contributed by atoms with E-state index in [2.05, 4.69) is 31.4 Å². The van der Waals surface area contributed by atoms with Crippen molar-refractivity contribution in [3.63, 3.8) is 0 Å². The third kappa shape index (κ3) is 1.74. The van der Waals surface area contributed by atoms with Crippen molar-refractivity contribution in [1.82, 2.24) is 10.2 Å². The van der Waals surface area contributed by atoms with Gasteiger partial charge in [0.15, 0.2) is 5.01 Å². The van der Waals surface area contributed by atoms with Crippen molar-refractivity contribution in [3.8, 4) is 9.88 Å². The van der Waals surface area contributed by atoms with Gasteiger partial charge in [-0.25, -0.2) is 0 Å². The molecule has 3 nitrogen and oxygen atoms in total. The summed E-state index contributed by atoms with van der Waals surface area (Å²) in [5, 5.41) is 14.8. The van der Waals surface area contributed by atoms with Gasteiger partial charge in [0, 0.05) is 11.5 Å². The summed E-state index contributed by atoms with van der Waals surface area (Å²) in [5.41, 5.74) is 0. The van der Waals surface area contributed by atoms with Crippen LogP contribution in [0.15, 0.2) is 15.9 Å². The van der Waals surface area contributed by atoms with E-state index in [-0.39, 0.29) is 0 Å². The molecule has 2 aromatic heterocycles. The average Bonchev–Trinajstić information content (AvgIpc) is 2.71. The molecule has 0 fully saturated rings. The molecule has 0 aliphatic rings. The molecule has 2 rings (SSSR count). The fourth-order valence-corrected chi connectivity index (χ4v) is 3.35. The topological polar surface area (TPSA) is 37.8 Å². The predicted molar refractivity (Wildman–Crippen MR) is 60.5 cm³/mol. The van der Waals surface area contributed by atoms with Gasteiger partial charge in [0.05, 0.1) is 4.88 Å². The number of hydrogen-bond acceptors (Lipinski definition) is 5. The van der Waals surface area contributed by atoms with Gasteiger partial charge in [0.2, 0.25) is 5.13 Å². The SMILES string of the molecule is CNc1nnc(-c2sccc2Br)s1. The lowest BCUT2D eigenvalue weighted by Crippen LogP contribution is -1.84. The van der Waals surface area contributed by atoms with Gasteiger partial charge in [-0.3, -0.25) is 0 Å². The number of hydrogen-bond donors (Lipinski definition) is 1. The van der Waals surface area contributed by atoms with Crippen molar-refractivity contribution in [2.75, 3.05) is 12.4 Å². The van der Waals surface area contributed by atoms with Gasteiger partial charge in [-0.2, -0.15) is 0 Å². The average molecular weight is 276 g/mol.